The van der Waals surface area contributed by atoms with Crippen molar-refractivity contribution in [2.75, 3.05) is 7.05 Å². The summed E-state index contributed by atoms with van der Waals surface area (Å²) in [4.78, 5) is 23.4. The Hall–Kier alpha value is -2.62. The lowest BCUT2D eigenvalue weighted by Gasteiger charge is -2.06. The first kappa shape index (κ1) is 14.8. The molecule has 0 atom stereocenters. The molecule has 0 spiro atoms. The van der Waals surface area contributed by atoms with Crippen LogP contribution in [-0.4, -0.2) is 18.9 Å². The molecule has 0 aliphatic rings. The van der Waals surface area contributed by atoms with Crippen LogP contribution in [-0.2, 0) is 6.54 Å². The fourth-order valence-electron chi connectivity index (χ4n) is 1.91. The van der Waals surface area contributed by atoms with E-state index in [0.29, 0.717) is 17.7 Å². The average molecular weight is 282 g/mol. The summed E-state index contributed by atoms with van der Waals surface area (Å²) in [7, 11) is 1.60. The number of hydrogen-bond donors (Lipinski definition) is 2. The van der Waals surface area contributed by atoms with E-state index in [9.17, 15) is 9.59 Å². The zero-order valence-corrected chi connectivity index (χ0v) is 12.1. The topological polar surface area (TPSA) is 58.2 Å². The molecule has 4 heteroatoms. The third-order valence-corrected chi connectivity index (χ3v) is 3.21. The molecular weight excluding hydrogens is 264 g/mol. The lowest BCUT2D eigenvalue weighted by molar-refractivity contribution is 0.0946. The van der Waals surface area contributed by atoms with E-state index in [0.717, 1.165) is 11.1 Å². The van der Waals surface area contributed by atoms with Gasteiger partial charge < -0.3 is 10.6 Å². The van der Waals surface area contributed by atoms with Crippen LogP contribution in [0.15, 0.2) is 48.5 Å². The minimum absolute atomic E-state index is 0.106. The van der Waals surface area contributed by atoms with Gasteiger partial charge in [0.25, 0.3) is 11.8 Å². The van der Waals surface area contributed by atoms with Crippen molar-refractivity contribution < 1.29 is 9.59 Å². The molecule has 0 saturated heterocycles. The highest BCUT2D eigenvalue weighted by Gasteiger charge is 2.06. The first-order valence-corrected chi connectivity index (χ1v) is 6.76. The zero-order valence-electron chi connectivity index (χ0n) is 12.1. The molecule has 2 amide bonds. The Kier molecular flexibility index (Phi) is 4.72. The lowest BCUT2D eigenvalue weighted by Crippen LogP contribution is -2.23. The lowest BCUT2D eigenvalue weighted by atomic mass is 10.1. The van der Waals surface area contributed by atoms with Crippen molar-refractivity contribution in [2.24, 2.45) is 0 Å². The Morgan fingerprint density at radius 3 is 1.95 bits per heavy atom. The highest BCUT2D eigenvalue weighted by atomic mass is 16.2. The van der Waals surface area contributed by atoms with E-state index < -0.39 is 0 Å². The maximum Gasteiger partial charge on any atom is 0.251 e. The fraction of sp³-hybridized carbons (Fsp3) is 0.176. The van der Waals surface area contributed by atoms with Gasteiger partial charge in [0.15, 0.2) is 0 Å². The van der Waals surface area contributed by atoms with Gasteiger partial charge in [-0.25, -0.2) is 0 Å². The Morgan fingerprint density at radius 2 is 1.38 bits per heavy atom. The first-order chi connectivity index (χ1) is 10.1. The molecule has 0 aliphatic carbocycles. The monoisotopic (exact) mass is 282 g/mol. The summed E-state index contributed by atoms with van der Waals surface area (Å²) in [5, 5.41) is 5.43. The fourth-order valence-corrected chi connectivity index (χ4v) is 1.91. The maximum atomic E-state index is 12.0. The molecule has 2 N–H and O–H groups in total. The van der Waals surface area contributed by atoms with Gasteiger partial charge in [-0.1, -0.05) is 29.8 Å². The highest BCUT2D eigenvalue weighted by molar-refractivity contribution is 5.94. The second kappa shape index (κ2) is 6.70. The molecule has 0 saturated carbocycles. The van der Waals surface area contributed by atoms with Gasteiger partial charge in [0.1, 0.15) is 0 Å². The first-order valence-electron chi connectivity index (χ1n) is 6.76. The van der Waals surface area contributed by atoms with Crippen LogP contribution in [0.3, 0.4) is 0 Å². The molecule has 2 rings (SSSR count). The summed E-state index contributed by atoms with van der Waals surface area (Å²) in [6.45, 7) is 2.41. The third kappa shape index (κ3) is 3.92. The van der Waals surface area contributed by atoms with Crippen LogP contribution >= 0.6 is 0 Å². The number of carbonyl (C=O) groups is 2. The number of nitrogens with one attached hydrogen (secondary N) is 2. The Bertz CT molecular complexity index is 631. The normalized spacial score (nSPS) is 10.0. The molecule has 0 radical (unpaired) electrons. The van der Waals surface area contributed by atoms with E-state index in [1.165, 1.54) is 0 Å². The molecule has 0 heterocycles. The summed E-state index contributed by atoms with van der Waals surface area (Å²) < 4.78 is 0. The average Bonchev–Trinajstić information content (AvgIpc) is 2.53. The number of benzene rings is 2. The molecule has 0 bridgehead atoms. The number of rotatable bonds is 4. The molecule has 2 aromatic rings. The Labute approximate surface area is 124 Å². The molecule has 21 heavy (non-hydrogen) atoms. The van der Waals surface area contributed by atoms with Gasteiger partial charge in [-0.2, -0.15) is 0 Å². The Balaban J connectivity index is 1.95. The van der Waals surface area contributed by atoms with Crippen molar-refractivity contribution in [1.82, 2.24) is 10.6 Å². The van der Waals surface area contributed by atoms with Crippen LogP contribution < -0.4 is 10.6 Å². The molecule has 0 unspecified atom stereocenters. The Morgan fingerprint density at radius 1 is 0.857 bits per heavy atom. The maximum absolute atomic E-state index is 12.0. The summed E-state index contributed by atoms with van der Waals surface area (Å²) in [6.07, 6.45) is 0. The second-order valence-corrected chi connectivity index (χ2v) is 4.82. The molecular formula is C17H18N2O2. The summed E-state index contributed by atoms with van der Waals surface area (Å²) in [5.41, 5.74) is 3.31. The largest absolute Gasteiger partial charge is 0.355 e. The predicted octanol–water partition coefficient (Wildman–Crippen LogP) is 2.28. The molecule has 0 fully saturated rings. The van der Waals surface area contributed by atoms with Crippen molar-refractivity contribution in [3.63, 3.8) is 0 Å². The van der Waals surface area contributed by atoms with Gasteiger partial charge in [0.2, 0.25) is 0 Å². The second-order valence-electron chi connectivity index (χ2n) is 4.82. The van der Waals surface area contributed by atoms with Crippen LogP contribution in [0.4, 0.5) is 0 Å². The van der Waals surface area contributed by atoms with E-state index in [1.807, 2.05) is 31.2 Å². The van der Waals surface area contributed by atoms with Crippen molar-refractivity contribution in [3.8, 4) is 0 Å². The van der Waals surface area contributed by atoms with Crippen LogP contribution in [0.2, 0.25) is 0 Å². The number of carbonyl (C=O) groups excluding carboxylic acids is 2. The third-order valence-electron chi connectivity index (χ3n) is 3.21. The summed E-state index contributed by atoms with van der Waals surface area (Å²) in [5.74, 6) is -0.226. The van der Waals surface area contributed by atoms with Crippen molar-refractivity contribution in [2.45, 2.75) is 13.5 Å². The van der Waals surface area contributed by atoms with Gasteiger partial charge in [0.05, 0.1) is 0 Å². The van der Waals surface area contributed by atoms with E-state index in [4.69, 9.17) is 0 Å². The molecule has 4 nitrogen and oxygen atoms in total. The van der Waals surface area contributed by atoms with Crippen LogP contribution in [0, 0.1) is 6.92 Å². The minimum Gasteiger partial charge on any atom is -0.355 e. The van der Waals surface area contributed by atoms with Gasteiger partial charge in [-0.3, -0.25) is 9.59 Å². The SMILES string of the molecule is CNC(=O)c1ccc(CNC(=O)c2ccc(C)cc2)cc1. The summed E-state index contributed by atoms with van der Waals surface area (Å²) >= 11 is 0. The van der Waals surface area contributed by atoms with Crippen molar-refractivity contribution in [1.29, 1.82) is 0 Å². The van der Waals surface area contributed by atoms with Crippen LogP contribution in [0.25, 0.3) is 0 Å². The quantitative estimate of drug-likeness (QED) is 0.904. The van der Waals surface area contributed by atoms with Gasteiger partial charge >= 0.3 is 0 Å². The van der Waals surface area contributed by atoms with Gasteiger partial charge in [-0.05, 0) is 36.8 Å². The minimum atomic E-state index is -0.120. The zero-order chi connectivity index (χ0) is 15.2. The van der Waals surface area contributed by atoms with Crippen LogP contribution in [0.5, 0.6) is 0 Å². The van der Waals surface area contributed by atoms with E-state index in [2.05, 4.69) is 10.6 Å². The van der Waals surface area contributed by atoms with Crippen molar-refractivity contribution >= 4 is 11.8 Å². The smallest absolute Gasteiger partial charge is 0.251 e. The molecule has 2 aromatic carbocycles. The molecule has 0 aliphatic heterocycles. The van der Waals surface area contributed by atoms with Gasteiger partial charge in [0, 0.05) is 24.7 Å². The van der Waals surface area contributed by atoms with Crippen LogP contribution in [0.1, 0.15) is 31.8 Å². The van der Waals surface area contributed by atoms with Crippen molar-refractivity contribution in [3.05, 3.63) is 70.8 Å². The predicted molar refractivity (Wildman–Crippen MR) is 82.2 cm³/mol. The molecule has 108 valence electrons. The molecule has 0 aromatic heterocycles. The van der Waals surface area contributed by atoms with Gasteiger partial charge in [-0.15, -0.1) is 0 Å². The van der Waals surface area contributed by atoms with E-state index in [1.54, 1.807) is 31.3 Å². The summed E-state index contributed by atoms with van der Waals surface area (Å²) in [6, 6.07) is 14.6. The number of hydrogen-bond acceptors (Lipinski definition) is 2. The number of aryl methyl sites for hydroxylation is 1. The highest BCUT2D eigenvalue weighted by Crippen LogP contribution is 2.06. The van der Waals surface area contributed by atoms with E-state index >= 15 is 0 Å². The van der Waals surface area contributed by atoms with E-state index in [-0.39, 0.29) is 11.8 Å². The standard InChI is InChI=1S/C17H18N2O2/c1-12-3-7-15(8-4-12)17(21)19-11-13-5-9-14(10-6-13)16(20)18-2/h3-10H,11H2,1-2H3,(H,18,20)(H,19,21). The number of amides is 2.